The average Bonchev–Trinajstić information content (AvgIpc) is 3.24. The van der Waals surface area contributed by atoms with Gasteiger partial charge in [-0.3, -0.25) is 23.9 Å². The molecule has 2 aromatic heterocycles. The summed E-state index contributed by atoms with van der Waals surface area (Å²) in [6.45, 7) is 0.126. The first-order valence-electron chi connectivity index (χ1n) is 11.4. The second-order valence-electron chi connectivity index (χ2n) is 7.96. The first-order chi connectivity index (χ1) is 17.4. The quantitative estimate of drug-likeness (QED) is 0.166. The number of pyridine rings is 1. The van der Waals surface area contributed by atoms with Crippen LogP contribution in [0.5, 0.6) is 0 Å². The van der Waals surface area contributed by atoms with Crippen molar-refractivity contribution in [1.82, 2.24) is 25.2 Å². The monoisotopic (exact) mass is 539 g/mol. The van der Waals surface area contributed by atoms with Crippen LogP contribution >= 0.6 is 21.6 Å². The lowest BCUT2D eigenvalue weighted by molar-refractivity contribution is -0.122. The lowest BCUT2D eigenvalue weighted by atomic mass is 10.1. The minimum Gasteiger partial charge on any atom is -0.394 e. The molecule has 0 bridgehead atoms. The number of nitrogens with zero attached hydrogens (tertiary/aromatic N) is 2. The second-order valence-corrected chi connectivity index (χ2v) is 10.4. The van der Waals surface area contributed by atoms with Crippen LogP contribution in [0.15, 0.2) is 45.2 Å². The Labute approximate surface area is 214 Å². The number of carbonyl (C=O) groups is 2. The van der Waals surface area contributed by atoms with Crippen LogP contribution in [-0.2, 0) is 20.7 Å². The van der Waals surface area contributed by atoms with Crippen LogP contribution in [0.2, 0.25) is 0 Å². The maximum atomic E-state index is 12.2. The van der Waals surface area contributed by atoms with Crippen molar-refractivity contribution in [2.45, 2.75) is 49.1 Å². The number of H-pyrrole nitrogens is 1. The van der Waals surface area contributed by atoms with Crippen molar-refractivity contribution in [2.24, 2.45) is 0 Å². The van der Waals surface area contributed by atoms with Gasteiger partial charge in [0.1, 0.15) is 17.4 Å². The fraction of sp³-hybridized carbons (Fsp3) is 0.500. The van der Waals surface area contributed by atoms with Gasteiger partial charge in [0.05, 0.1) is 12.7 Å². The predicted molar refractivity (Wildman–Crippen MR) is 134 cm³/mol. The summed E-state index contributed by atoms with van der Waals surface area (Å²) in [5, 5.41) is 25.4. The maximum Gasteiger partial charge on any atom is 0.330 e. The summed E-state index contributed by atoms with van der Waals surface area (Å²) in [4.78, 5) is 54.7. The predicted octanol–water partition coefficient (Wildman–Crippen LogP) is -0.432. The fourth-order valence-electron chi connectivity index (χ4n) is 3.43. The second kappa shape index (κ2) is 14.2. The van der Waals surface area contributed by atoms with Crippen LogP contribution < -0.4 is 21.9 Å². The van der Waals surface area contributed by atoms with Crippen molar-refractivity contribution in [2.75, 3.05) is 25.4 Å². The van der Waals surface area contributed by atoms with Crippen molar-refractivity contribution in [3.05, 3.63) is 57.0 Å². The summed E-state index contributed by atoms with van der Waals surface area (Å²) in [7, 11) is 3.04. The molecule has 36 heavy (non-hydrogen) atoms. The Morgan fingerprint density at radius 3 is 2.61 bits per heavy atom. The van der Waals surface area contributed by atoms with Gasteiger partial charge in [-0.05, 0) is 29.3 Å². The van der Waals surface area contributed by atoms with Gasteiger partial charge in [0.25, 0.3) is 5.56 Å². The van der Waals surface area contributed by atoms with Crippen molar-refractivity contribution in [1.29, 1.82) is 0 Å². The molecule has 3 atom stereocenters. The third kappa shape index (κ3) is 8.48. The summed E-state index contributed by atoms with van der Waals surface area (Å²) < 4.78 is 6.62. The Balaban J connectivity index is 1.34. The molecular weight excluding hydrogens is 510 g/mol. The van der Waals surface area contributed by atoms with E-state index in [0.717, 1.165) is 9.59 Å². The van der Waals surface area contributed by atoms with Gasteiger partial charge in [0.15, 0.2) is 0 Å². The van der Waals surface area contributed by atoms with Gasteiger partial charge >= 0.3 is 5.69 Å². The topological polar surface area (TPSA) is 176 Å². The highest BCUT2D eigenvalue weighted by Gasteiger charge is 2.35. The van der Waals surface area contributed by atoms with Gasteiger partial charge in [-0.1, -0.05) is 16.9 Å². The summed E-state index contributed by atoms with van der Waals surface area (Å²) in [5.74, 6) is 0.202. The van der Waals surface area contributed by atoms with Crippen LogP contribution in [0.1, 0.15) is 31.1 Å². The molecule has 2 aromatic rings. The molecule has 14 heteroatoms. The summed E-state index contributed by atoms with van der Waals surface area (Å²) >= 11 is 0. The van der Waals surface area contributed by atoms with Gasteiger partial charge in [-0.2, -0.15) is 0 Å². The molecule has 1 aliphatic heterocycles. The van der Waals surface area contributed by atoms with E-state index in [9.17, 15) is 29.4 Å². The third-order valence-electron chi connectivity index (χ3n) is 5.32. The van der Waals surface area contributed by atoms with Crippen LogP contribution in [0.4, 0.5) is 0 Å². The zero-order chi connectivity index (χ0) is 25.9. The lowest BCUT2D eigenvalue weighted by Crippen LogP contribution is -2.36. The molecular formula is C22H29N5O7S2. The van der Waals surface area contributed by atoms with Gasteiger partial charge in [-0.25, -0.2) is 9.78 Å². The summed E-state index contributed by atoms with van der Waals surface area (Å²) in [6, 6.07) is 5.64. The number of aromatic nitrogens is 3. The molecule has 3 heterocycles. The van der Waals surface area contributed by atoms with Crippen molar-refractivity contribution < 1.29 is 24.5 Å². The SMILES string of the molecule is O=C(CCSSc1ccccn1)NCCNC(=O)CCc1cn([C@H]2C[C@H](O)[C@@H](CO)O2)c(=O)[nH]c1=O. The van der Waals surface area contributed by atoms with Gasteiger partial charge in [0, 0.05) is 56.1 Å². The van der Waals surface area contributed by atoms with Crippen LogP contribution in [0.25, 0.3) is 0 Å². The van der Waals surface area contributed by atoms with Crippen molar-refractivity contribution in [3.8, 4) is 0 Å². The minimum absolute atomic E-state index is 0.00400. The number of aryl methyl sites for hydroxylation is 1. The van der Waals surface area contributed by atoms with Crippen molar-refractivity contribution >= 4 is 33.4 Å². The number of aliphatic hydroxyl groups excluding tert-OH is 2. The van der Waals surface area contributed by atoms with Gasteiger partial charge in [0.2, 0.25) is 11.8 Å². The van der Waals surface area contributed by atoms with E-state index in [1.165, 1.54) is 27.8 Å². The number of hydrogen-bond acceptors (Lipinski definition) is 10. The van der Waals surface area contributed by atoms with E-state index in [-0.39, 0.29) is 49.7 Å². The van der Waals surface area contributed by atoms with E-state index >= 15 is 0 Å². The first-order valence-corrected chi connectivity index (χ1v) is 13.7. The van der Waals surface area contributed by atoms with Gasteiger partial charge in [-0.15, -0.1) is 0 Å². The average molecular weight is 540 g/mol. The van der Waals surface area contributed by atoms with E-state index in [1.807, 2.05) is 18.2 Å². The number of ether oxygens (including phenoxy) is 1. The molecule has 0 aromatic carbocycles. The zero-order valence-corrected chi connectivity index (χ0v) is 21.1. The Bertz CT molecular complexity index is 1130. The number of carbonyl (C=O) groups excluding carboxylic acids is 2. The Morgan fingerprint density at radius 2 is 1.94 bits per heavy atom. The number of hydrogen-bond donors (Lipinski definition) is 5. The van der Waals surface area contributed by atoms with Gasteiger partial charge < -0.3 is 25.6 Å². The highest BCUT2D eigenvalue weighted by Crippen LogP contribution is 2.29. The molecule has 196 valence electrons. The third-order valence-corrected chi connectivity index (χ3v) is 7.59. The van der Waals surface area contributed by atoms with Crippen LogP contribution in [0, 0.1) is 0 Å². The summed E-state index contributed by atoms with van der Waals surface area (Å²) in [6.07, 6.45) is 0.973. The molecule has 1 saturated heterocycles. The molecule has 12 nitrogen and oxygen atoms in total. The standard InChI is InChI=1S/C22H29N5O7S2/c28-13-16-15(29)11-20(34-16)27-12-14(21(32)26-22(27)33)4-5-17(30)23-8-9-24-18(31)6-10-35-36-19-3-1-2-7-25-19/h1-3,7,12,15-16,20,28-29H,4-6,8-11,13H2,(H,23,30)(H,24,31)(H,26,32,33)/t15-,16+,20+/m0/s1. The molecule has 0 unspecified atom stereocenters. The Kier molecular flexibility index (Phi) is 11.0. The van der Waals surface area contributed by atoms with Crippen molar-refractivity contribution in [3.63, 3.8) is 0 Å². The zero-order valence-electron chi connectivity index (χ0n) is 19.4. The van der Waals surface area contributed by atoms with Crippen LogP contribution in [0.3, 0.4) is 0 Å². The lowest BCUT2D eigenvalue weighted by Gasteiger charge is -2.15. The van der Waals surface area contributed by atoms with E-state index < -0.39 is 36.3 Å². The number of nitrogens with one attached hydrogen (secondary N) is 3. The molecule has 0 aliphatic carbocycles. The minimum atomic E-state index is -0.933. The number of rotatable bonds is 13. The number of aromatic amines is 1. The maximum absolute atomic E-state index is 12.2. The molecule has 5 N–H and O–H groups in total. The van der Waals surface area contributed by atoms with E-state index in [2.05, 4.69) is 20.6 Å². The molecule has 1 fully saturated rings. The highest BCUT2D eigenvalue weighted by atomic mass is 33.1. The molecule has 0 saturated carbocycles. The molecule has 1 aliphatic rings. The van der Waals surface area contributed by atoms with E-state index in [0.29, 0.717) is 12.2 Å². The molecule has 3 rings (SSSR count). The van der Waals surface area contributed by atoms with Crippen LogP contribution in [-0.4, -0.2) is 74.2 Å². The number of aliphatic hydroxyl groups is 2. The van der Waals surface area contributed by atoms with E-state index in [4.69, 9.17) is 4.74 Å². The molecule has 2 amide bonds. The number of amides is 2. The highest BCUT2D eigenvalue weighted by molar-refractivity contribution is 8.76. The summed E-state index contributed by atoms with van der Waals surface area (Å²) in [5.41, 5.74) is -1.09. The largest absolute Gasteiger partial charge is 0.394 e. The smallest absolute Gasteiger partial charge is 0.330 e. The fourth-order valence-corrected chi connectivity index (χ4v) is 5.30. The van der Waals surface area contributed by atoms with E-state index in [1.54, 1.807) is 6.20 Å². The molecule has 0 spiro atoms. The first kappa shape index (κ1) is 27.9. The Hall–Kier alpha value is -2.65. The molecule has 0 radical (unpaired) electrons. The Morgan fingerprint density at radius 1 is 1.19 bits per heavy atom. The normalized spacial score (nSPS) is 19.2.